The highest BCUT2D eigenvalue weighted by atomic mass is 15.2. The van der Waals surface area contributed by atoms with E-state index in [1.54, 1.807) is 0 Å². The van der Waals surface area contributed by atoms with Crippen LogP contribution in [0, 0.1) is 11.3 Å². The van der Waals surface area contributed by atoms with E-state index in [0.717, 1.165) is 44.8 Å². The molecule has 1 heterocycles. The molecule has 1 aliphatic rings. The van der Waals surface area contributed by atoms with Crippen LogP contribution in [0.1, 0.15) is 65.7 Å². The molecule has 0 aliphatic carbocycles. The van der Waals surface area contributed by atoms with Crippen LogP contribution in [-0.4, -0.2) is 36.1 Å². The van der Waals surface area contributed by atoms with Gasteiger partial charge in [-0.15, -0.1) is 0 Å². The Morgan fingerprint density at radius 1 is 1.37 bits per heavy atom. The molecule has 1 fully saturated rings. The molecule has 1 saturated heterocycles. The fourth-order valence-electron chi connectivity index (χ4n) is 3.16. The summed E-state index contributed by atoms with van der Waals surface area (Å²) in [5.41, 5.74) is -0.294. The molecule has 0 bridgehead atoms. The molecule has 0 amide bonds. The Kier molecular flexibility index (Phi) is 7.41. The smallest absolute Gasteiger partial charge is 0.106 e. The van der Waals surface area contributed by atoms with Gasteiger partial charge in [0.1, 0.15) is 5.54 Å². The number of nitriles is 1. The van der Waals surface area contributed by atoms with E-state index in [9.17, 15) is 5.26 Å². The Labute approximate surface area is 119 Å². The summed E-state index contributed by atoms with van der Waals surface area (Å²) in [5.74, 6) is 0. The number of nitrogens with zero attached hydrogens (tertiary/aromatic N) is 2. The normalized spacial score (nSPS) is 23.2. The van der Waals surface area contributed by atoms with Crippen LogP contribution in [0.15, 0.2) is 0 Å². The van der Waals surface area contributed by atoms with Crippen LogP contribution in [0.3, 0.4) is 0 Å². The second-order valence-electron chi connectivity index (χ2n) is 5.82. The Morgan fingerprint density at radius 3 is 2.74 bits per heavy atom. The number of nitrogens with one attached hydrogen (secondary N) is 1. The van der Waals surface area contributed by atoms with Crippen LogP contribution in [0.5, 0.6) is 0 Å². The maximum atomic E-state index is 9.47. The molecule has 1 aliphatic heterocycles. The molecule has 0 aromatic heterocycles. The highest BCUT2D eigenvalue weighted by Crippen LogP contribution is 2.22. The van der Waals surface area contributed by atoms with E-state index >= 15 is 0 Å². The number of hydrogen-bond donors (Lipinski definition) is 1. The first-order chi connectivity index (χ1) is 9.21. The largest absolute Gasteiger partial charge is 0.300 e. The van der Waals surface area contributed by atoms with Crippen LogP contribution >= 0.6 is 0 Å². The lowest BCUT2D eigenvalue weighted by Crippen LogP contribution is -2.44. The monoisotopic (exact) mass is 265 g/mol. The van der Waals surface area contributed by atoms with Crippen LogP contribution < -0.4 is 5.32 Å². The predicted molar refractivity (Wildman–Crippen MR) is 81.0 cm³/mol. The van der Waals surface area contributed by atoms with Crippen molar-refractivity contribution in [2.24, 2.45) is 0 Å². The van der Waals surface area contributed by atoms with Gasteiger partial charge in [-0.05, 0) is 64.6 Å². The van der Waals surface area contributed by atoms with Crippen molar-refractivity contribution >= 4 is 0 Å². The van der Waals surface area contributed by atoms with Crippen LogP contribution in [0.2, 0.25) is 0 Å². The highest BCUT2D eigenvalue weighted by Gasteiger charge is 2.28. The van der Waals surface area contributed by atoms with Crippen molar-refractivity contribution in [3.05, 3.63) is 0 Å². The van der Waals surface area contributed by atoms with E-state index in [1.165, 1.54) is 25.8 Å². The van der Waals surface area contributed by atoms with Gasteiger partial charge in [-0.25, -0.2) is 0 Å². The zero-order valence-electron chi connectivity index (χ0n) is 13.0. The lowest BCUT2D eigenvalue weighted by molar-refractivity contribution is 0.232. The molecule has 1 N–H and O–H groups in total. The van der Waals surface area contributed by atoms with Gasteiger partial charge < -0.3 is 4.90 Å². The van der Waals surface area contributed by atoms with Gasteiger partial charge in [-0.3, -0.25) is 5.32 Å². The molecule has 2 atom stereocenters. The van der Waals surface area contributed by atoms with Crippen LogP contribution in [-0.2, 0) is 0 Å². The van der Waals surface area contributed by atoms with Crippen molar-refractivity contribution in [1.82, 2.24) is 10.2 Å². The Morgan fingerprint density at radius 2 is 2.16 bits per heavy atom. The van der Waals surface area contributed by atoms with Gasteiger partial charge in [0.05, 0.1) is 6.07 Å². The third kappa shape index (κ3) is 4.78. The molecule has 0 saturated carbocycles. The van der Waals surface area contributed by atoms with Gasteiger partial charge in [-0.1, -0.05) is 20.8 Å². The van der Waals surface area contributed by atoms with E-state index in [1.807, 2.05) is 0 Å². The first-order valence-corrected chi connectivity index (χ1v) is 8.11. The van der Waals surface area contributed by atoms with E-state index in [4.69, 9.17) is 0 Å². The maximum absolute atomic E-state index is 9.47. The summed E-state index contributed by atoms with van der Waals surface area (Å²) < 4.78 is 0. The summed E-state index contributed by atoms with van der Waals surface area (Å²) in [6.45, 7) is 9.93. The topological polar surface area (TPSA) is 39.1 Å². The molecule has 0 aromatic rings. The van der Waals surface area contributed by atoms with Gasteiger partial charge in [0.2, 0.25) is 0 Å². The first-order valence-electron chi connectivity index (χ1n) is 8.11. The van der Waals surface area contributed by atoms with Crippen molar-refractivity contribution in [3.63, 3.8) is 0 Å². The summed E-state index contributed by atoms with van der Waals surface area (Å²) in [4.78, 5) is 2.62. The molecular formula is C16H31N3. The Bertz CT molecular complexity index is 284. The molecule has 19 heavy (non-hydrogen) atoms. The number of rotatable bonds is 9. The summed E-state index contributed by atoms with van der Waals surface area (Å²) in [7, 11) is 0. The zero-order chi connectivity index (χ0) is 14.1. The lowest BCUT2D eigenvalue weighted by atomic mass is 9.91. The third-order valence-corrected chi connectivity index (χ3v) is 4.55. The predicted octanol–water partition coefficient (Wildman–Crippen LogP) is 3.31. The summed E-state index contributed by atoms with van der Waals surface area (Å²) in [6, 6.07) is 3.31. The highest BCUT2D eigenvalue weighted by molar-refractivity contribution is 5.06. The summed E-state index contributed by atoms with van der Waals surface area (Å²) in [5, 5.41) is 12.9. The molecule has 0 spiro atoms. The first kappa shape index (κ1) is 16.5. The van der Waals surface area contributed by atoms with Crippen molar-refractivity contribution in [3.8, 4) is 6.07 Å². The van der Waals surface area contributed by atoms with Gasteiger partial charge in [0, 0.05) is 6.04 Å². The Hall–Kier alpha value is -0.590. The molecule has 0 aromatic carbocycles. The van der Waals surface area contributed by atoms with Crippen molar-refractivity contribution in [2.45, 2.75) is 77.3 Å². The van der Waals surface area contributed by atoms with Crippen molar-refractivity contribution in [1.29, 1.82) is 5.26 Å². The molecular weight excluding hydrogens is 234 g/mol. The van der Waals surface area contributed by atoms with Crippen LogP contribution in [0.4, 0.5) is 0 Å². The van der Waals surface area contributed by atoms with E-state index in [2.05, 4.69) is 37.1 Å². The average molecular weight is 265 g/mol. The van der Waals surface area contributed by atoms with Gasteiger partial charge in [-0.2, -0.15) is 5.26 Å². The van der Waals surface area contributed by atoms with E-state index in [-0.39, 0.29) is 5.54 Å². The third-order valence-electron chi connectivity index (χ3n) is 4.55. The molecule has 0 radical (unpaired) electrons. The SMILES string of the molecule is CCCNC(C#N)(CC)CCCN1CCCC1CC. The zero-order valence-corrected chi connectivity index (χ0v) is 13.0. The summed E-state index contributed by atoms with van der Waals surface area (Å²) >= 11 is 0. The fraction of sp³-hybridized carbons (Fsp3) is 0.938. The molecule has 1 rings (SSSR count). The summed E-state index contributed by atoms with van der Waals surface area (Å²) in [6.07, 6.45) is 8.09. The van der Waals surface area contributed by atoms with E-state index < -0.39 is 0 Å². The lowest BCUT2D eigenvalue weighted by Gasteiger charge is -2.29. The minimum atomic E-state index is -0.294. The quantitative estimate of drug-likeness (QED) is 0.695. The average Bonchev–Trinajstić information content (AvgIpc) is 2.90. The molecule has 2 unspecified atom stereocenters. The molecule has 110 valence electrons. The van der Waals surface area contributed by atoms with Crippen LogP contribution in [0.25, 0.3) is 0 Å². The molecule has 3 heteroatoms. The van der Waals surface area contributed by atoms with Gasteiger partial charge in [0.15, 0.2) is 0 Å². The maximum Gasteiger partial charge on any atom is 0.106 e. The van der Waals surface area contributed by atoms with Gasteiger partial charge >= 0.3 is 0 Å². The fourth-order valence-corrected chi connectivity index (χ4v) is 3.16. The number of hydrogen-bond acceptors (Lipinski definition) is 3. The van der Waals surface area contributed by atoms with Gasteiger partial charge in [0.25, 0.3) is 0 Å². The second-order valence-corrected chi connectivity index (χ2v) is 5.82. The standard InChI is InChI=1S/C16H31N3/c1-4-11-18-16(6-3,14-17)10-8-13-19-12-7-9-15(19)5-2/h15,18H,4-13H2,1-3H3. The van der Waals surface area contributed by atoms with Crippen molar-refractivity contribution < 1.29 is 0 Å². The molecule has 3 nitrogen and oxygen atoms in total. The van der Waals surface area contributed by atoms with E-state index in [0.29, 0.717) is 0 Å². The minimum Gasteiger partial charge on any atom is -0.300 e. The minimum absolute atomic E-state index is 0.294. The van der Waals surface area contributed by atoms with Crippen molar-refractivity contribution in [2.75, 3.05) is 19.6 Å². The number of likely N-dealkylation sites (tertiary alicyclic amines) is 1. The second kappa shape index (κ2) is 8.55. The Balaban J connectivity index is 2.37.